The molecular formula is C14H17Cl2NO2. The molecular weight excluding hydrogens is 285 g/mol. The van der Waals surface area contributed by atoms with Gasteiger partial charge in [-0.05, 0) is 50.1 Å². The van der Waals surface area contributed by atoms with Crippen molar-refractivity contribution in [3.05, 3.63) is 39.9 Å². The van der Waals surface area contributed by atoms with Crippen molar-refractivity contribution < 1.29 is 9.90 Å². The van der Waals surface area contributed by atoms with Crippen LogP contribution in [0.25, 0.3) is 6.08 Å². The second-order valence-electron chi connectivity index (χ2n) is 4.53. The number of carbonyl (C=O) groups is 1. The summed E-state index contributed by atoms with van der Waals surface area (Å²) in [5, 5.41) is 13.0. The first kappa shape index (κ1) is 16.0. The maximum Gasteiger partial charge on any atom is 0.244 e. The quantitative estimate of drug-likeness (QED) is 0.820. The van der Waals surface area contributed by atoms with Crippen LogP contribution < -0.4 is 5.32 Å². The molecule has 0 fully saturated rings. The number of benzene rings is 1. The lowest BCUT2D eigenvalue weighted by molar-refractivity contribution is -0.117. The summed E-state index contributed by atoms with van der Waals surface area (Å²) in [6.07, 6.45) is 3.14. The molecule has 1 aromatic carbocycles. The monoisotopic (exact) mass is 301 g/mol. The van der Waals surface area contributed by atoms with Gasteiger partial charge >= 0.3 is 0 Å². The van der Waals surface area contributed by atoms with Crippen LogP contribution in [-0.2, 0) is 4.79 Å². The van der Waals surface area contributed by atoms with Crippen molar-refractivity contribution in [3.8, 4) is 0 Å². The van der Waals surface area contributed by atoms with Gasteiger partial charge in [0, 0.05) is 22.2 Å². The Balaban J connectivity index is 2.58. The SMILES string of the molecule is CC(O)CC(C)NC(=O)/C=C/c1cc(Cl)cc(Cl)c1. The van der Waals surface area contributed by atoms with E-state index in [0.717, 1.165) is 5.56 Å². The average Bonchev–Trinajstić information content (AvgIpc) is 2.23. The number of hydrogen-bond donors (Lipinski definition) is 2. The third-order valence-corrected chi connectivity index (χ3v) is 2.83. The van der Waals surface area contributed by atoms with Crippen molar-refractivity contribution in [2.24, 2.45) is 0 Å². The molecule has 1 amide bonds. The molecule has 104 valence electrons. The van der Waals surface area contributed by atoms with Crippen molar-refractivity contribution >= 4 is 35.2 Å². The molecule has 0 heterocycles. The van der Waals surface area contributed by atoms with Gasteiger partial charge in [-0.15, -0.1) is 0 Å². The van der Waals surface area contributed by atoms with E-state index in [9.17, 15) is 9.90 Å². The van der Waals surface area contributed by atoms with Gasteiger partial charge in [0.1, 0.15) is 0 Å². The molecule has 0 aliphatic rings. The van der Waals surface area contributed by atoms with Gasteiger partial charge in [0.05, 0.1) is 6.10 Å². The Bertz CT molecular complexity index is 452. The van der Waals surface area contributed by atoms with Crippen LogP contribution in [0.2, 0.25) is 10.0 Å². The predicted molar refractivity (Wildman–Crippen MR) is 79.4 cm³/mol. The van der Waals surface area contributed by atoms with Crippen LogP contribution in [0.1, 0.15) is 25.8 Å². The van der Waals surface area contributed by atoms with Crippen LogP contribution in [0.3, 0.4) is 0 Å². The van der Waals surface area contributed by atoms with E-state index in [1.807, 2.05) is 6.92 Å². The van der Waals surface area contributed by atoms with E-state index in [4.69, 9.17) is 23.2 Å². The van der Waals surface area contributed by atoms with E-state index >= 15 is 0 Å². The highest BCUT2D eigenvalue weighted by Crippen LogP contribution is 2.19. The lowest BCUT2D eigenvalue weighted by Crippen LogP contribution is -2.33. The van der Waals surface area contributed by atoms with Gasteiger partial charge in [-0.25, -0.2) is 0 Å². The minimum absolute atomic E-state index is 0.0832. The van der Waals surface area contributed by atoms with Gasteiger partial charge in [-0.3, -0.25) is 4.79 Å². The van der Waals surface area contributed by atoms with E-state index < -0.39 is 6.10 Å². The minimum atomic E-state index is -0.439. The highest BCUT2D eigenvalue weighted by atomic mass is 35.5. The standard InChI is InChI=1S/C14H17Cl2NO2/c1-9(5-10(2)18)17-14(19)4-3-11-6-12(15)8-13(16)7-11/h3-4,6-10,18H,5H2,1-2H3,(H,17,19)/b4-3+. The molecule has 1 rings (SSSR count). The summed E-state index contributed by atoms with van der Waals surface area (Å²) < 4.78 is 0. The third kappa shape index (κ3) is 6.62. The molecule has 2 N–H and O–H groups in total. The Morgan fingerprint density at radius 3 is 2.42 bits per heavy atom. The third-order valence-electron chi connectivity index (χ3n) is 2.40. The van der Waals surface area contributed by atoms with Crippen molar-refractivity contribution in [1.29, 1.82) is 0 Å². The molecule has 0 spiro atoms. The van der Waals surface area contributed by atoms with Gasteiger partial charge in [0.2, 0.25) is 5.91 Å². The van der Waals surface area contributed by atoms with Crippen LogP contribution in [0, 0.1) is 0 Å². The molecule has 2 unspecified atom stereocenters. The number of aliphatic hydroxyl groups excluding tert-OH is 1. The Morgan fingerprint density at radius 1 is 1.32 bits per heavy atom. The van der Waals surface area contributed by atoms with E-state index in [1.165, 1.54) is 6.08 Å². The molecule has 2 atom stereocenters. The number of halogens is 2. The molecule has 3 nitrogen and oxygen atoms in total. The summed E-state index contributed by atoms with van der Waals surface area (Å²) in [5.41, 5.74) is 0.760. The second kappa shape index (κ2) is 7.53. The normalized spacial score (nSPS) is 14.4. The van der Waals surface area contributed by atoms with Gasteiger partial charge in [-0.1, -0.05) is 23.2 Å². The highest BCUT2D eigenvalue weighted by Gasteiger charge is 2.07. The fourth-order valence-electron chi connectivity index (χ4n) is 1.70. The fourth-order valence-corrected chi connectivity index (χ4v) is 2.25. The molecule has 19 heavy (non-hydrogen) atoms. The van der Waals surface area contributed by atoms with E-state index in [0.29, 0.717) is 16.5 Å². The maximum atomic E-state index is 11.6. The van der Waals surface area contributed by atoms with Gasteiger partial charge in [-0.2, -0.15) is 0 Å². The number of amides is 1. The number of nitrogens with one attached hydrogen (secondary N) is 1. The number of hydrogen-bond acceptors (Lipinski definition) is 2. The molecule has 0 saturated heterocycles. The molecule has 0 aliphatic heterocycles. The number of rotatable bonds is 5. The van der Waals surface area contributed by atoms with Crippen molar-refractivity contribution in [1.82, 2.24) is 5.32 Å². The molecule has 0 saturated carbocycles. The largest absolute Gasteiger partial charge is 0.393 e. The minimum Gasteiger partial charge on any atom is -0.393 e. The maximum absolute atomic E-state index is 11.6. The average molecular weight is 302 g/mol. The lowest BCUT2D eigenvalue weighted by atomic mass is 10.1. The molecule has 1 aromatic rings. The first-order valence-corrected chi connectivity index (χ1v) is 6.75. The van der Waals surface area contributed by atoms with Crippen LogP contribution in [0.5, 0.6) is 0 Å². The van der Waals surface area contributed by atoms with Crippen LogP contribution in [0.15, 0.2) is 24.3 Å². The Labute approximate surface area is 123 Å². The van der Waals surface area contributed by atoms with E-state index in [1.54, 1.807) is 31.2 Å². The summed E-state index contributed by atoms with van der Waals surface area (Å²) in [7, 11) is 0. The van der Waals surface area contributed by atoms with Gasteiger partial charge < -0.3 is 10.4 Å². The molecule has 0 bridgehead atoms. The fraction of sp³-hybridized carbons (Fsp3) is 0.357. The zero-order chi connectivity index (χ0) is 14.4. The van der Waals surface area contributed by atoms with Crippen LogP contribution >= 0.6 is 23.2 Å². The van der Waals surface area contributed by atoms with Gasteiger partial charge in [0.15, 0.2) is 0 Å². The number of carbonyl (C=O) groups excluding carboxylic acids is 1. The Hall–Kier alpha value is -1.03. The van der Waals surface area contributed by atoms with Crippen LogP contribution in [0.4, 0.5) is 0 Å². The summed E-state index contributed by atoms with van der Waals surface area (Å²) >= 11 is 11.7. The van der Waals surface area contributed by atoms with E-state index in [2.05, 4.69) is 5.32 Å². The highest BCUT2D eigenvalue weighted by molar-refractivity contribution is 6.34. The lowest BCUT2D eigenvalue weighted by Gasteiger charge is -2.13. The first-order valence-electron chi connectivity index (χ1n) is 5.99. The summed E-state index contributed by atoms with van der Waals surface area (Å²) in [6, 6.07) is 4.98. The topological polar surface area (TPSA) is 49.3 Å². The van der Waals surface area contributed by atoms with Crippen molar-refractivity contribution in [3.63, 3.8) is 0 Å². The zero-order valence-corrected chi connectivity index (χ0v) is 12.4. The summed E-state index contributed by atoms with van der Waals surface area (Å²) in [4.78, 5) is 11.6. The Morgan fingerprint density at radius 2 is 1.89 bits per heavy atom. The van der Waals surface area contributed by atoms with Crippen molar-refractivity contribution in [2.45, 2.75) is 32.4 Å². The second-order valence-corrected chi connectivity index (χ2v) is 5.40. The zero-order valence-electron chi connectivity index (χ0n) is 10.9. The Kier molecular flexibility index (Phi) is 6.35. The molecule has 0 radical (unpaired) electrons. The molecule has 0 aliphatic carbocycles. The predicted octanol–water partition coefficient (Wildman–Crippen LogP) is 3.28. The summed E-state index contributed by atoms with van der Waals surface area (Å²) in [6.45, 7) is 3.53. The van der Waals surface area contributed by atoms with E-state index in [-0.39, 0.29) is 11.9 Å². The first-order chi connectivity index (χ1) is 8.86. The molecule has 5 heteroatoms. The smallest absolute Gasteiger partial charge is 0.244 e. The summed E-state index contributed by atoms with van der Waals surface area (Å²) in [5.74, 6) is -0.218. The number of aliphatic hydroxyl groups is 1. The van der Waals surface area contributed by atoms with Crippen molar-refractivity contribution in [2.75, 3.05) is 0 Å². The molecule has 0 aromatic heterocycles. The van der Waals surface area contributed by atoms with Gasteiger partial charge in [0.25, 0.3) is 0 Å². The van der Waals surface area contributed by atoms with Crippen LogP contribution in [-0.4, -0.2) is 23.2 Å².